The van der Waals surface area contributed by atoms with Crippen LogP contribution in [0.1, 0.15) is 16.8 Å². The first-order chi connectivity index (χ1) is 16.0. The molecule has 16 nitrogen and oxygen atoms in total. The topological polar surface area (TPSA) is 211 Å². The van der Waals surface area contributed by atoms with Crippen molar-refractivity contribution >= 4 is 104 Å². The summed E-state index contributed by atoms with van der Waals surface area (Å²) in [6.07, 6.45) is 0. The van der Waals surface area contributed by atoms with Gasteiger partial charge in [-0.1, -0.05) is 5.16 Å². The summed E-state index contributed by atoms with van der Waals surface area (Å²) in [6.45, 7) is 0. The zero-order valence-electron chi connectivity index (χ0n) is 17.2. The van der Waals surface area contributed by atoms with Crippen molar-refractivity contribution in [1.29, 1.82) is 0 Å². The van der Waals surface area contributed by atoms with Crippen LogP contribution in [-0.2, 0) is 36.6 Å². The Hall–Kier alpha value is -1.87. The monoisotopic (exact) mass is 577 g/mol. The van der Waals surface area contributed by atoms with Crippen molar-refractivity contribution in [3.8, 4) is 0 Å². The molecule has 3 N–H and O–H groups in total. The number of thiol groups is 1. The summed E-state index contributed by atoms with van der Waals surface area (Å²) in [4.78, 5) is 45.6. The van der Waals surface area contributed by atoms with Crippen molar-refractivity contribution in [3.05, 3.63) is 16.9 Å². The number of carbonyl (C=O) groups is 3. The second-order valence-corrected chi connectivity index (χ2v) is 9.47. The Morgan fingerprint density at radius 3 is 2.69 bits per heavy atom. The average molecular weight is 578 g/mol. The molecular formula is C14H17ClN9NaO7S3. The van der Waals surface area contributed by atoms with E-state index in [2.05, 4.69) is 53.8 Å². The molecule has 0 radical (unpaired) electrons. The normalized spacial score (nSPS) is 18.8. The summed E-state index contributed by atoms with van der Waals surface area (Å²) in [5.41, 5.74) is -0.387. The molecule has 3 amide bonds. The zero-order chi connectivity index (χ0) is 25.2. The van der Waals surface area contributed by atoms with E-state index in [1.807, 2.05) is 0 Å². The van der Waals surface area contributed by atoms with Crippen molar-refractivity contribution in [2.75, 3.05) is 18.3 Å². The van der Waals surface area contributed by atoms with Gasteiger partial charge in [0.15, 0.2) is 16.7 Å². The van der Waals surface area contributed by atoms with Crippen LogP contribution >= 0.6 is 35.6 Å². The van der Waals surface area contributed by atoms with Crippen LogP contribution in [0.4, 0.5) is 5.13 Å². The predicted molar refractivity (Wildman–Crippen MR) is 127 cm³/mol. The third-order valence-electron chi connectivity index (χ3n) is 4.38. The predicted octanol–water partition coefficient (Wildman–Crippen LogP) is -2.28. The number of β-lactam (4-membered cyclic amide) rings is 1. The Bertz CT molecular complexity index is 1250. The number of aromatic nitrogens is 5. The summed E-state index contributed by atoms with van der Waals surface area (Å²) in [5, 5.41) is 19.5. The number of amides is 3. The van der Waals surface area contributed by atoms with Gasteiger partial charge < -0.3 is 15.5 Å². The Morgan fingerprint density at radius 2 is 2.14 bits per heavy atom. The maximum atomic E-state index is 12.9. The van der Waals surface area contributed by atoms with Crippen LogP contribution in [0, 0.1) is 0 Å². The van der Waals surface area contributed by atoms with Gasteiger partial charge in [0, 0.05) is 12.4 Å². The number of rotatable bonds is 9. The minimum atomic E-state index is -4.99. The molecule has 1 fully saturated rings. The average Bonchev–Trinajstić information content (AvgIpc) is 3.40. The molecule has 35 heavy (non-hydrogen) atoms. The van der Waals surface area contributed by atoms with Gasteiger partial charge in [0.2, 0.25) is 5.91 Å². The van der Waals surface area contributed by atoms with E-state index in [0.717, 1.165) is 18.4 Å². The number of oxime groups is 1. The van der Waals surface area contributed by atoms with Gasteiger partial charge in [-0.15, -0.1) is 28.0 Å². The van der Waals surface area contributed by atoms with Crippen LogP contribution < -0.4 is 10.6 Å². The molecule has 3 rings (SSSR count). The van der Waals surface area contributed by atoms with Crippen LogP contribution in [0.5, 0.6) is 0 Å². The van der Waals surface area contributed by atoms with E-state index < -0.39 is 45.4 Å². The molecule has 3 heterocycles. The van der Waals surface area contributed by atoms with Crippen molar-refractivity contribution in [2.45, 2.75) is 17.3 Å². The molecule has 0 aromatic carbocycles. The van der Waals surface area contributed by atoms with Gasteiger partial charge in [-0.3, -0.25) is 18.9 Å². The number of hydrogen-bond acceptors (Lipinski definition) is 13. The second-order valence-electron chi connectivity index (χ2n) is 6.50. The summed E-state index contributed by atoms with van der Waals surface area (Å²) >= 11 is 10.7. The molecular weight excluding hydrogens is 561 g/mol. The van der Waals surface area contributed by atoms with Crippen molar-refractivity contribution in [3.63, 3.8) is 0 Å². The molecule has 2 aromatic heterocycles. The maximum absolute atomic E-state index is 12.9. The minimum absolute atomic E-state index is 0. The Kier molecular flexibility index (Phi) is 9.99. The number of aryl methyl sites for hydroxylation is 1. The van der Waals surface area contributed by atoms with Gasteiger partial charge >= 0.3 is 39.9 Å². The Labute approximate surface area is 234 Å². The standard InChI is InChI=1S/C14H16ClN9O7S3.Na.H/c1-23-11(19-21-22-23)10(32)9-8(13(27)24(9)34(28,29)30)18-12(26)7(20-31-2)5-4-33-14(16-5)17-6(25)3-15;;/h4,8-10,32H,3H2,1-2H3,(H,18,26)(H,16,17,25)(H,28,29,30);;/b20-7-;;. The summed E-state index contributed by atoms with van der Waals surface area (Å²) < 4.78 is 34.4. The molecule has 0 aliphatic carbocycles. The van der Waals surface area contributed by atoms with Gasteiger partial charge in [0.1, 0.15) is 24.7 Å². The Balaban J connectivity index is 0.00000432. The van der Waals surface area contributed by atoms with E-state index in [1.165, 1.54) is 17.1 Å². The SMILES string of the molecule is CO/N=C(\C(=O)NC1C(=O)N(S(=O)(=O)O)C1C(S)c1nnnn1C)c1csc(NC(=O)CCl)n1.[NaH]. The number of hydrogen-bond donors (Lipinski definition) is 4. The molecule has 21 heteroatoms. The molecule has 0 bridgehead atoms. The number of halogens is 1. The summed E-state index contributed by atoms with van der Waals surface area (Å²) in [6, 6.07) is -2.83. The number of carbonyl (C=O) groups excluding carboxylic acids is 3. The van der Waals surface area contributed by atoms with E-state index in [-0.39, 0.29) is 62.1 Å². The molecule has 1 saturated heterocycles. The third kappa shape index (κ3) is 6.28. The number of anilines is 1. The van der Waals surface area contributed by atoms with E-state index in [9.17, 15) is 27.4 Å². The van der Waals surface area contributed by atoms with E-state index >= 15 is 0 Å². The van der Waals surface area contributed by atoms with Crippen molar-refractivity contribution < 1.29 is 32.2 Å². The van der Waals surface area contributed by atoms with E-state index in [1.54, 1.807) is 0 Å². The fourth-order valence-corrected chi connectivity index (χ4v) is 5.23. The molecule has 186 valence electrons. The first-order valence-electron chi connectivity index (χ1n) is 8.94. The Morgan fingerprint density at radius 1 is 1.46 bits per heavy atom. The van der Waals surface area contributed by atoms with Crippen molar-refractivity contribution in [2.24, 2.45) is 12.2 Å². The van der Waals surface area contributed by atoms with Crippen LogP contribution in [0.25, 0.3) is 0 Å². The van der Waals surface area contributed by atoms with Crippen LogP contribution in [0.15, 0.2) is 10.5 Å². The van der Waals surface area contributed by atoms with Gasteiger partial charge in [-0.25, -0.2) is 14.0 Å². The van der Waals surface area contributed by atoms with Gasteiger partial charge in [-0.2, -0.15) is 21.0 Å². The first-order valence-corrected chi connectivity index (χ1v) is 12.3. The quantitative estimate of drug-likeness (QED) is 0.0474. The van der Waals surface area contributed by atoms with Gasteiger partial charge in [-0.05, 0) is 10.4 Å². The number of alkyl halides is 1. The molecule has 1 aliphatic heterocycles. The molecule has 3 unspecified atom stereocenters. The van der Waals surface area contributed by atoms with E-state index in [0.29, 0.717) is 0 Å². The summed E-state index contributed by atoms with van der Waals surface area (Å²) in [5.74, 6) is -2.85. The molecule has 3 atom stereocenters. The van der Waals surface area contributed by atoms with Crippen LogP contribution in [-0.4, -0.2) is 121 Å². The van der Waals surface area contributed by atoms with Gasteiger partial charge in [0.05, 0.1) is 11.3 Å². The van der Waals surface area contributed by atoms with Crippen LogP contribution in [0.2, 0.25) is 0 Å². The van der Waals surface area contributed by atoms with E-state index in [4.69, 9.17) is 11.6 Å². The van der Waals surface area contributed by atoms with Crippen LogP contribution in [0.3, 0.4) is 0 Å². The molecule has 0 spiro atoms. The fourth-order valence-electron chi connectivity index (χ4n) is 2.95. The number of nitrogens with one attached hydrogen (secondary N) is 2. The molecule has 0 saturated carbocycles. The second kappa shape index (κ2) is 11.9. The summed E-state index contributed by atoms with van der Waals surface area (Å²) in [7, 11) is -2.37. The number of thiazole rings is 1. The number of tetrazole rings is 1. The first kappa shape index (κ1) is 29.4. The van der Waals surface area contributed by atoms with Crippen molar-refractivity contribution in [1.82, 2.24) is 34.8 Å². The third-order valence-corrected chi connectivity index (χ3v) is 6.84. The molecule has 1 aliphatic rings. The fraction of sp³-hybridized carbons (Fsp3) is 0.429. The van der Waals surface area contributed by atoms with Gasteiger partial charge in [0.25, 0.3) is 11.8 Å². The number of nitrogens with zero attached hydrogens (tertiary/aromatic N) is 7. The molecule has 2 aromatic rings. The zero-order valence-corrected chi connectivity index (χ0v) is 20.5.